The van der Waals surface area contributed by atoms with Crippen LogP contribution in [0.15, 0.2) is 12.1 Å². The highest BCUT2D eigenvalue weighted by atomic mass is 35.5. The number of aryl methyl sites for hydroxylation is 1. The molecule has 1 fully saturated rings. The third-order valence-electron chi connectivity index (χ3n) is 4.09. The number of pyridine rings is 1. The molecule has 1 aromatic heterocycles. The molecule has 1 N–H and O–H groups in total. The molecule has 1 heterocycles. The van der Waals surface area contributed by atoms with Gasteiger partial charge in [-0.1, -0.05) is 32.4 Å². The highest BCUT2D eigenvalue weighted by Gasteiger charge is 2.32. The van der Waals surface area contributed by atoms with E-state index in [9.17, 15) is 0 Å². The molecule has 0 aromatic carbocycles. The molecule has 0 radical (unpaired) electrons. The van der Waals surface area contributed by atoms with Gasteiger partial charge in [-0.3, -0.25) is 0 Å². The van der Waals surface area contributed by atoms with Crippen molar-refractivity contribution in [1.29, 1.82) is 0 Å². The fraction of sp³-hybridized carbons (Fsp3) is 0.667. The van der Waals surface area contributed by atoms with Crippen LogP contribution in [0.5, 0.6) is 0 Å². The second kappa shape index (κ2) is 5.08. The zero-order valence-corrected chi connectivity index (χ0v) is 12.5. The van der Waals surface area contributed by atoms with Crippen LogP contribution in [0.25, 0.3) is 0 Å². The summed E-state index contributed by atoms with van der Waals surface area (Å²) < 4.78 is 0. The number of anilines is 1. The van der Waals surface area contributed by atoms with Crippen molar-refractivity contribution in [2.24, 2.45) is 11.3 Å². The van der Waals surface area contributed by atoms with E-state index in [1.54, 1.807) is 0 Å². The summed E-state index contributed by atoms with van der Waals surface area (Å²) in [6.45, 7) is 9.09. The normalized spacial score (nSPS) is 26.9. The lowest BCUT2D eigenvalue weighted by Gasteiger charge is -2.40. The predicted molar refractivity (Wildman–Crippen MR) is 78.2 cm³/mol. The lowest BCUT2D eigenvalue weighted by atomic mass is 9.70. The Bertz CT molecular complexity index is 429. The lowest BCUT2D eigenvalue weighted by Crippen LogP contribution is -2.37. The maximum atomic E-state index is 5.89. The van der Waals surface area contributed by atoms with Crippen molar-refractivity contribution in [1.82, 2.24) is 4.98 Å². The van der Waals surface area contributed by atoms with Crippen LogP contribution in [0.2, 0.25) is 5.15 Å². The zero-order valence-electron chi connectivity index (χ0n) is 11.8. The molecule has 0 amide bonds. The second-order valence-corrected chi connectivity index (χ2v) is 6.79. The average molecular weight is 267 g/mol. The van der Waals surface area contributed by atoms with Gasteiger partial charge in [0.15, 0.2) is 0 Å². The van der Waals surface area contributed by atoms with Gasteiger partial charge in [-0.05, 0) is 49.7 Å². The van der Waals surface area contributed by atoms with E-state index in [1.807, 2.05) is 19.1 Å². The van der Waals surface area contributed by atoms with Crippen LogP contribution in [-0.4, -0.2) is 11.0 Å². The first kappa shape index (κ1) is 13.7. The quantitative estimate of drug-likeness (QED) is 0.787. The van der Waals surface area contributed by atoms with Gasteiger partial charge >= 0.3 is 0 Å². The first-order valence-electron chi connectivity index (χ1n) is 6.77. The smallest absolute Gasteiger partial charge is 0.129 e. The number of hydrogen-bond acceptors (Lipinski definition) is 2. The average Bonchev–Trinajstić information content (AvgIpc) is 2.24. The topological polar surface area (TPSA) is 24.9 Å². The van der Waals surface area contributed by atoms with Gasteiger partial charge in [-0.2, -0.15) is 0 Å². The molecule has 1 aliphatic carbocycles. The molecule has 2 atom stereocenters. The predicted octanol–water partition coefficient (Wildman–Crippen LogP) is 4.67. The van der Waals surface area contributed by atoms with Crippen LogP contribution >= 0.6 is 11.6 Å². The summed E-state index contributed by atoms with van der Waals surface area (Å²) in [6.07, 6.45) is 3.80. The molecule has 1 saturated carbocycles. The fourth-order valence-electron chi connectivity index (χ4n) is 3.04. The van der Waals surface area contributed by atoms with E-state index in [-0.39, 0.29) is 0 Å². The van der Waals surface area contributed by atoms with Crippen LogP contribution in [0.4, 0.5) is 5.69 Å². The van der Waals surface area contributed by atoms with Crippen LogP contribution in [0.1, 0.15) is 45.7 Å². The third-order valence-corrected chi connectivity index (χ3v) is 4.30. The summed E-state index contributed by atoms with van der Waals surface area (Å²) in [5, 5.41) is 4.21. The number of aromatic nitrogens is 1. The summed E-state index contributed by atoms with van der Waals surface area (Å²) >= 11 is 5.89. The highest BCUT2D eigenvalue weighted by Crippen LogP contribution is 2.39. The summed E-state index contributed by atoms with van der Waals surface area (Å²) in [7, 11) is 0. The zero-order chi connectivity index (χ0) is 13.3. The van der Waals surface area contributed by atoms with E-state index in [0.717, 1.165) is 11.4 Å². The summed E-state index contributed by atoms with van der Waals surface area (Å²) in [5.74, 6) is 0.698. The minimum absolute atomic E-state index is 0.491. The molecule has 2 unspecified atom stereocenters. The molecule has 0 bridgehead atoms. The fourth-order valence-corrected chi connectivity index (χ4v) is 3.23. The minimum Gasteiger partial charge on any atom is -0.381 e. The number of hydrogen-bond donors (Lipinski definition) is 1. The Kier molecular flexibility index (Phi) is 3.86. The first-order valence-corrected chi connectivity index (χ1v) is 7.15. The molecule has 2 rings (SSSR count). The van der Waals surface area contributed by atoms with Crippen LogP contribution in [-0.2, 0) is 0 Å². The van der Waals surface area contributed by atoms with Gasteiger partial charge in [-0.25, -0.2) is 4.98 Å². The van der Waals surface area contributed by atoms with Gasteiger partial charge in [0.25, 0.3) is 0 Å². The van der Waals surface area contributed by atoms with Gasteiger partial charge < -0.3 is 5.32 Å². The minimum atomic E-state index is 0.491. The second-order valence-electron chi connectivity index (χ2n) is 6.40. The van der Waals surface area contributed by atoms with Crippen molar-refractivity contribution in [2.45, 2.75) is 53.0 Å². The van der Waals surface area contributed by atoms with Gasteiger partial charge in [-0.15, -0.1) is 0 Å². The Morgan fingerprint density at radius 3 is 2.72 bits per heavy atom. The molecule has 100 valence electrons. The van der Waals surface area contributed by atoms with E-state index in [4.69, 9.17) is 11.6 Å². The van der Waals surface area contributed by atoms with E-state index in [2.05, 4.69) is 31.1 Å². The van der Waals surface area contributed by atoms with Crippen molar-refractivity contribution in [2.75, 3.05) is 5.32 Å². The Morgan fingerprint density at radius 2 is 2.11 bits per heavy atom. The Hall–Kier alpha value is -0.760. The largest absolute Gasteiger partial charge is 0.381 e. The molecule has 1 aliphatic rings. The van der Waals surface area contributed by atoms with Crippen molar-refractivity contribution >= 4 is 17.3 Å². The van der Waals surface area contributed by atoms with Gasteiger partial charge in [0, 0.05) is 6.04 Å². The number of halogens is 1. The van der Waals surface area contributed by atoms with E-state index < -0.39 is 0 Å². The summed E-state index contributed by atoms with van der Waals surface area (Å²) in [4.78, 5) is 4.30. The van der Waals surface area contributed by atoms with Crippen molar-refractivity contribution in [3.05, 3.63) is 23.0 Å². The van der Waals surface area contributed by atoms with E-state index in [1.165, 1.54) is 19.3 Å². The number of rotatable bonds is 2. The van der Waals surface area contributed by atoms with Crippen molar-refractivity contribution in [3.8, 4) is 0 Å². The monoisotopic (exact) mass is 266 g/mol. The molecular formula is C15H23ClN2. The molecular weight excluding hydrogens is 244 g/mol. The molecule has 0 spiro atoms. The molecule has 3 heteroatoms. The standard InChI is InChI=1S/C15H23ClN2/c1-10-9-15(3,4)8-7-12(10)18-13-5-6-14(16)17-11(13)2/h5-6,10,12,18H,7-9H2,1-4H3. The molecule has 0 saturated heterocycles. The Morgan fingerprint density at radius 1 is 1.39 bits per heavy atom. The Labute approximate surface area is 115 Å². The van der Waals surface area contributed by atoms with Crippen LogP contribution in [0.3, 0.4) is 0 Å². The SMILES string of the molecule is Cc1nc(Cl)ccc1NC1CCC(C)(C)CC1C. The maximum absolute atomic E-state index is 5.89. The van der Waals surface area contributed by atoms with Crippen LogP contribution < -0.4 is 5.32 Å². The Balaban J connectivity index is 2.06. The van der Waals surface area contributed by atoms with E-state index >= 15 is 0 Å². The molecule has 1 aromatic rings. The van der Waals surface area contributed by atoms with Gasteiger partial charge in [0.1, 0.15) is 5.15 Å². The molecule has 0 aliphatic heterocycles. The van der Waals surface area contributed by atoms with Gasteiger partial charge in [0.05, 0.1) is 11.4 Å². The van der Waals surface area contributed by atoms with Crippen molar-refractivity contribution < 1.29 is 0 Å². The van der Waals surface area contributed by atoms with Crippen molar-refractivity contribution in [3.63, 3.8) is 0 Å². The number of nitrogens with zero attached hydrogens (tertiary/aromatic N) is 1. The van der Waals surface area contributed by atoms with Crippen LogP contribution in [0, 0.1) is 18.3 Å². The van der Waals surface area contributed by atoms with E-state index in [0.29, 0.717) is 22.5 Å². The molecule has 2 nitrogen and oxygen atoms in total. The summed E-state index contributed by atoms with van der Waals surface area (Å²) in [5.41, 5.74) is 2.60. The first-order chi connectivity index (χ1) is 8.37. The maximum Gasteiger partial charge on any atom is 0.129 e. The third kappa shape index (κ3) is 3.17. The highest BCUT2D eigenvalue weighted by molar-refractivity contribution is 6.29. The molecule has 18 heavy (non-hydrogen) atoms. The number of nitrogens with one attached hydrogen (secondary N) is 1. The lowest BCUT2D eigenvalue weighted by molar-refractivity contribution is 0.177. The summed E-state index contributed by atoms with van der Waals surface area (Å²) in [6, 6.07) is 4.45. The van der Waals surface area contributed by atoms with Gasteiger partial charge in [0.2, 0.25) is 0 Å².